The summed E-state index contributed by atoms with van der Waals surface area (Å²) in [5.74, 6) is 0. The minimum atomic E-state index is 0. The standard InChI is InChI=1S/C61H114N.ClH/c1-5-8-11-14-17-20-23-26-29-32-35-38-41-44-47-50-53-56-59-62(4,60-57-54-51-48-45-42-39-36-33-30-27-24-21-18-15-12-9-6-2)61-58-55-52-49-46-43-40-37-34-31-28-25-22-19-16-13-10-7-3;/h17-22,26-31H,5-16,23-25,32-61H2,1-4H3;1H/q+1;/p-1/b20-17-,21-18-,22-19?,29-26-,30-27-,31-28?;. The van der Waals surface area contributed by atoms with Gasteiger partial charge in [0.25, 0.3) is 0 Å². The number of allylic oxidation sites excluding steroid dienone is 12. The number of halogens is 1. The Kier molecular flexibility index (Phi) is 57.5. The molecule has 370 valence electrons. The molecule has 0 bridgehead atoms. The van der Waals surface area contributed by atoms with Gasteiger partial charge in [0.05, 0.1) is 26.7 Å². The highest BCUT2D eigenvalue weighted by molar-refractivity contribution is 4.94. The maximum absolute atomic E-state index is 2.62. The fourth-order valence-corrected chi connectivity index (χ4v) is 8.84. The Bertz CT molecular complexity index is 889. The van der Waals surface area contributed by atoms with Crippen LogP contribution < -0.4 is 12.4 Å². The average Bonchev–Trinajstić information content (AvgIpc) is 3.28. The van der Waals surface area contributed by atoms with Gasteiger partial charge in [-0.25, -0.2) is 0 Å². The zero-order valence-corrected chi connectivity index (χ0v) is 44.3. The van der Waals surface area contributed by atoms with Gasteiger partial charge in [0.2, 0.25) is 0 Å². The van der Waals surface area contributed by atoms with Crippen LogP contribution >= 0.6 is 0 Å². The molecule has 0 aromatic rings. The lowest BCUT2D eigenvalue weighted by Gasteiger charge is -2.35. The molecule has 0 heterocycles. The minimum absolute atomic E-state index is 0. The van der Waals surface area contributed by atoms with Crippen LogP contribution in [0.5, 0.6) is 0 Å². The van der Waals surface area contributed by atoms with Crippen LogP contribution in [0.1, 0.15) is 290 Å². The summed E-state index contributed by atoms with van der Waals surface area (Å²) >= 11 is 0. The number of quaternary nitrogens is 1. The maximum atomic E-state index is 2.62. The van der Waals surface area contributed by atoms with E-state index >= 15 is 0 Å². The summed E-state index contributed by atoms with van der Waals surface area (Å²) in [5.41, 5.74) is 0. The van der Waals surface area contributed by atoms with Crippen molar-refractivity contribution >= 4 is 0 Å². The largest absolute Gasteiger partial charge is 1.00 e. The molecule has 0 saturated carbocycles. The number of unbranched alkanes of at least 4 members (excludes halogenated alkanes) is 33. The van der Waals surface area contributed by atoms with Crippen molar-refractivity contribution in [2.75, 3.05) is 26.7 Å². The predicted molar refractivity (Wildman–Crippen MR) is 287 cm³/mol. The van der Waals surface area contributed by atoms with E-state index in [-0.39, 0.29) is 12.4 Å². The lowest BCUT2D eigenvalue weighted by molar-refractivity contribution is -0.910. The molecule has 0 aromatic heterocycles. The molecule has 2 heteroatoms. The highest BCUT2D eigenvalue weighted by Gasteiger charge is 2.20. The van der Waals surface area contributed by atoms with Gasteiger partial charge in [-0.3, -0.25) is 0 Å². The number of hydrogen-bond acceptors (Lipinski definition) is 0. The molecule has 0 saturated heterocycles. The Morgan fingerprint density at radius 1 is 0.222 bits per heavy atom. The Labute approximate surface area is 405 Å². The molecule has 0 aliphatic heterocycles. The summed E-state index contributed by atoms with van der Waals surface area (Å²) in [6.07, 6.45) is 86.0. The van der Waals surface area contributed by atoms with E-state index in [9.17, 15) is 0 Å². The fourth-order valence-electron chi connectivity index (χ4n) is 8.84. The number of rotatable bonds is 51. The predicted octanol–water partition coefficient (Wildman–Crippen LogP) is 18.2. The van der Waals surface area contributed by atoms with E-state index in [1.54, 1.807) is 0 Å². The van der Waals surface area contributed by atoms with Gasteiger partial charge < -0.3 is 16.9 Å². The fraction of sp³-hybridized carbons (Fsp3) is 0.803. The first-order valence-electron chi connectivity index (χ1n) is 28.4. The molecule has 0 amide bonds. The van der Waals surface area contributed by atoms with Gasteiger partial charge in [-0.15, -0.1) is 0 Å². The van der Waals surface area contributed by atoms with Crippen LogP contribution in [-0.4, -0.2) is 31.2 Å². The topological polar surface area (TPSA) is 0 Å². The van der Waals surface area contributed by atoms with Gasteiger partial charge in [-0.1, -0.05) is 229 Å². The Morgan fingerprint density at radius 3 is 0.603 bits per heavy atom. The normalized spacial score (nSPS) is 12.6. The van der Waals surface area contributed by atoms with Crippen molar-refractivity contribution in [3.05, 3.63) is 72.9 Å². The molecule has 0 radical (unpaired) electrons. The third-order valence-electron chi connectivity index (χ3n) is 13.2. The zero-order chi connectivity index (χ0) is 44.8. The summed E-state index contributed by atoms with van der Waals surface area (Å²) in [5, 5.41) is 0. The van der Waals surface area contributed by atoms with Crippen molar-refractivity contribution in [1.82, 2.24) is 0 Å². The first kappa shape index (κ1) is 63.8. The van der Waals surface area contributed by atoms with Gasteiger partial charge in [-0.05, 0) is 135 Å². The molecule has 0 aliphatic rings. The molecule has 1 nitrogen and oxygen atoms in total. The molecule has 0 rings (SSSR count). The quantitative estimate of drug-likeness (QED) is 0.0324. The van der Waals surface area contributed by atoms with Crippen molar-refractivity contribution in [3.63, 3.8) is 0 Å². The van der Waals surface area contributed by atoms with Gasteiger partial charge in [-0.2, -0.15) is 0 Å². The number of nitrogens with zero attached hydrogens (tertiary/aromatic N) is 1. The summed E-state index contributed by atoms with van der Waals surface area (Å²) in [4.78, 5) is 0. The molecular weight excluding hydrogens is 782 g/mol. The monoisotopic (exact) mass is 896 g/mol. The average molecular weight is 897 g/mol. The van der Waals surface area contributed by atoms with E-state index in [1.807, 2.05) is 0 Å². The van der Waals surface area contributed by atoms with Crippen molar-refractivity contribution < 1.29 is 16.9 Å². The third kappa shape index (κ3) is 54.9. The second-order valence-corrected chi connectivity index (χ2v) is 19.7. The molecular formula is C61H114ClN. The van der Waals surface area contributed by atoms with Crippen LogP contribution in [0.3, 0.4) is 0 Å². The van der Waals surface area contributed by atoms with Crippen LogP contribution in [0, 0.1) is 0 Å². The molecule has 0 spiro atoms. The maximum Gasteiger partial charge on any atom is 0.0784 e. The van der Waals surface area contributed by atoms with Crippen LogP contribution in [0.15, 0.2) is 72.9 Å². The molecule has 63 heavy (non-hydrogen) atoms. The van der Waals surface area contributed by atoms with E-state index in [2.05, 4.69) is 101 Å². The van der Waals surface area contributed by atoms with E-state index in [0.717, 1.165) is 19.3 Å². The van der Waals surface area contributed by atoms with Crippen molar-refractivity contribution in [2.45, 2.75) is 290 Å². The van der Waals surface area contributed by atoms with Gasteiger partial charge >= 0.3 is 0 Å². The molecule has 0 unspecified atom stereocenters. The van der Waals surface area contributed by atoms with Crippen LogP contribution in [0.2, 0.25) is 0 Å². The second-order valence-electron chi connectivity index (χ2n) is 19.7. The first-order valence-corrected chi connectivity index (χ1v) is 28.4. The molecule has 0 N–H and O–H groups in total. The Morgan fingerprint density at radius 2 is 0.397 bits per heavy atom. The summed E-state index contributed by atoms with van der Waals surface area (Å²) < 4.78 is 1.34. The molecule has 0 atom stereocenters. The van der Waals surface area contributed by atoms with Gasteiger partial charge in [0.1, 0.15) is 0 Å². The lowest BCUT2D eigenvalue weighted by atomic mass is 10.0. The highest BCUT2D eigenvalue weighted by atomic mass is 35.5. The van der Waals surface area contributed by atoms with Gasteiger partial charge in [0.15, 0.2) is 0 Å². The summed E-state index contributed by atoms with van der Waals surface area (Å²) in [7, 11) is 2.62. The Balaban J connectivity index is 0. The first-order chi connectivity index (χ1) is 30.7. The minimum Gasteiger partial charge on any atom is -1.00 e. The molecule has 0 fully saturated rings. The van der Waals surface area contributed by atoms with Crippen LogP contribution in [-0.2, 0) is 0 Å². The zero-order valence-electron chi connectivity index (χ0n) is 43.6. The van der Waals surface area contributed by atoms with Crippen LogP contribution in [0.25, 0.3) is 0 Å². The highest BCUT2D eigenvalue weighted by Crippen LogP contribution is 2.18. The summed E-state index contributed by atoms with van der Waals surface area (Å²) in [6.45, 7) is 11.1. The van der Waals surface area contributed by atoms with Crippen molar-refractivity contribution in [1.29, 1.82) is 0 Å². The SMILES string of the molecule is CCCCCC=CCC=CCCCCCCCCCC[N+](C)(CCCCCCCCCC/C=C\C/C=C\CCCCC)CCCCCCCCCC/C=C\C/C=C\CCCCC.[Cl-]. The van der Waals surface area contributed by atoms with Crippen molar-refractivity contribution in [2.24, 2.45) is 0 Å². The summed E-state index contributed by atoms with van der Waals surface area (Å²) in [6, 6.07) is 0. The Hall–Kier alpha value is -1.31. The van der Waals surface area contributed by atoms with Gasteiger partial charge in [0, 0.05) is 0 Å². The number of hydrogen-bond donors (Lipinski definition) is 0. The smallest absolute Gasteiger partial charge is 0.0784 e. The molecule has 0 aliphatic carbocycles. The van der Waals surface area contributed by atoms with E-state index in [0.29, 0.717) is 0 Å². The van der Waals surface area contributed by atoms with Crippen LogP contribution in [0.4, 0.5) is 0 Å². The van der Waals surface area contributed by atoms with E-state index in [4.69, 9.17) is 0 Å². The van der Waals surface area contributed by atoms with E-state index < -0.39 is 0 Å². The third-order valence-corrected chi connectivity index (χ3v) is 13.2. The van der Waals surface area contributed by atoms with Crippen molar-refractivity contribution in [3.8, 4) is 0 Å². The lowest BCUT2D eigenvalue weighted by Crippen LogP contribution is -3.00. The second kappa shape index (κ2) is 56.8. The molecule has 0 aromatic carbocycles. The van der Waals surface area contributed by atoms with E-state index in [1.165, 1.54) is 275 Å².